The molecule has 2 rings (SSSR count). The Morgan fingerprint density at radius 1 is 1.45 bits per heavy atom. The Kier molecular flexibility index (Phi) is 4.86. The molecule has 3 nitrogen and oxygen atoms in total. The molecular weight excluding hydrogens is 316 g/mol. The molecule has 110 valence electrons. The maximum Gasteiger partial charge on any atom is 0.223 e. The fourth-order valence-electron chi connectivity index (χ4n) is 2.73. The van der Waals surface area contributed by atoms with E-state index < -0.39 is 0 Å². The molecule has 4 heteroatoms. The summed E-state index contributed by atoms with van der Waals surface area (Å²) in [5.41, 5.74) is 2.42. The van der Waals surface area contributed by atoms with Gasteiger partial charge in [-0.25, -0.2) is 0 Å². The molecule has 1 aromatic carbocycles. The van der Waals surface area contributed by atoms with Crippen molar-refractivity contribution in [1.82, 2.24) is 10.2 Å². The predicted octanol–water partition coefficient (Wildman–Crippen LogP) is 2.90. The van der Waals surface area contributed by atoms with Gasteiger partial charge in [0, 0.05) is 36.1 Å². The first kappa shape index (κ1) is 15.5. The number of benzene rings is 1. The van der Waals surface area contributed by atoms with Crippen LogP contribution >= 0.6 is 15.9 Å². The molecular formula is C16H23BrN2O. The van der Waals surface area contributed by atoms with Crippen molar-refractivity contribution in [3.8, 4) is 0 Å². The summed E-state index contributed by atoms with van der Waals surface area (Å²) in [5, 5.41) is 3.35. The van der Waals surface area contributed by atoms with E-state index in [4.69, 9.17) is 0 Å². The zero-order valence-corrected chi connectivity index (χ0v) is 14.1. The number of carbonyl (C=O) groups excluding carboxylic acids is 1. The lowest BCUT2D eigenvalue weighted by atomic mass is 9.98. The zero-order chi connectivity index (χ0) is 14.8. The molecule has 0 unspecified atom stereocenters. The average Bonchev–Trinajstić information content (AvgIpc) is 2.39. The molecule has 0 radical (unpaired) electrons. The highest BCUT2D eigenvalue weighted by Gasteiger charge is 2.32. The molecule has 20 heavy (non-hydrogen) atoms. The fraction of sp³-hybridized carbons (Fsp3) is 0.562. The number of carbonyl (C=O) groups is 1. The Bertz CT molecular complexity index is 499. The van der Waals surface area contributed by atoms with Crippen LogP contribution in [0.5, 0.6) is 0 Å². The Balaban J connectivity index is 1.99. The van der Waals surface area contributed by atoms with E-state index in [9.17, 15) is 4.79 Å². The van der Waals surface area contributed by atoms with Crippen molar-refractivity contribution in [2.75, 3.05) is 19.6 Å². The van der Waals surface area contributed by atoms with Crippen LogP contribution in [-0.4, -0.2) is 36.0 Å². The van der Waals surface area contributed by atoms with Crippen LogP contribution in [0.1, 0.15) is 31.4 Å². The van der Waals surface area contributed by atoms with E-state index in [0.717, 1.165) is 30.5 Å². The number of amides is 1. The lowest BCUT2D eigenvalue weighted by Gasteiger charge is -2.43. The Morgan fingerprint density at radius 3 is 2.90 bits per heavy atom. The van der Waals surface area contributed by atoms with Gasteiger partial charge in [0.1, 0.15) is 0 Å². The molecule has 1 aromatic rings. The fourth-order valence-corrected chi connectivity index (χ4v) is 3.14. The normalized spacial score (nSPS) is 18.1. The Morgan fingerprint density at radius 2 is 2.20 bits per heavy atom. The number of halogens is 1. The summed E-state index contributed by atoms with van der Waals surface area (Å²) < 4.78 is 1.08. The summed E-state index contributed by atoms with van der Waals surface area (Å²) in [6.45, 7) is 8.92. The molecule has 0 aromatic heterocycles. The van der Waals surface area contributed by atoms with E-state index in [-0.39, 0.29) is 11.4 Å². The third-order valence-electron chi connectivity index (χ3n) is 4.02. The molecule has 0 saturated carbocycles. The van der Waals surface area contributed by atoms with Crippen molar-refractivity contribution in [2.24, 2.45) is 0 Å². The highest BCUT2D eigenvalue weighted by molar-refractivity contribution is 9.10. The van der Waals surface area contributed by atoms with E-state index in [1.807, 2.05) is 11.0 Å². The first-order valence-electron chi connectivity index (χ1n) is 7.16. The van der Waals surface area contributed by atoms with Crippen LogP contribution in [-0.2, 0) is 11.2 Å². The van der Waals surface area contributed by atoms with Crippen molar-refractivity contribution in [1.29, 1.82) is 0 Å². The minimum atomic E-state index is -0.0817. The topological polar surface area (TPSA) is 32.3 Å². The van der Waals surface area contributed by atoms with Crippen LogP contribution in [0.4, 0.5) is 0 Å². The number of aryl methyl sites for hydroxylation is 2. The molecule has 1 aliphatic heterocycles. The van der Waals surface area contributed by atoms with Gasteiger partial charge in [-0.2, -0.15) is 0 Å². The van der Waals surface area contributed by atoms with Gasteiger partial charge in [-0.15, -0.1) is 0 Å². The molecule has 1 fully saturated rings. The number of nitrogens with zero attached hydrogens (tertiary/aromatic N) is 1. The second-order valence-electron chi connectivity index (χ2n) is 6.11. The average molecular weight is 339 g/mol. The maximum absolute atomic E-state index is 12.5. The SMILES string of the molecule is Cc1ccc(Br)cc1CCC(=O)N1CCNCC1(C)C. The van der Waals surface area contributed by atoms with Gasteiger partial charge in [0.2, 0.25) is 5.91 Å². The minimum Gasteiger partial charge on any atom is -0.335 e. The molecule has 1 N–H and O–H groups in total. The first-order valence-corrected chi connectivity index (χ1v) is 7.96. The lowest BCUT2D eigenvalue weighted by Crippen LogP contribution is -2.59. The van der Waals surface area contributed by atoms with E-state index in [0.29, 0.717) is 6.42 Å². The number of hydrogen-bond acceptors (Lipinski definition) is 2. The van der Waals surface area contributed by atoms with E-state index in [2.05, 4.69) is 54.2 Å². The van der Waals surface area contributed by atoms with Gasteiger partial charge in [0.25, 0.3) is 0 Å². The molecule has 0 atom stereocenters. The number of hydrogen-bond donors (Lipinski definition) is 1. The first-order chi connectivity index (χ1) is 9.40. The highest BCUT2D eigenvalue weighted by Crippen LogP contribution is 2.20. The second kappa shape index (κ2) is 6.27. The maximum atomic E-state index is 12.5. The number of rotatable bonds is 3. The molecule has 1 aliphatic rings. The van der Waals surface area contributed by atoms with Crippen molar-refractivity contribution >= 4 is 21.8 Å². The van der Waals surface area contributed by atoms with Gasteiger partial charge in [0.15, 0.2) is 0 Å². The lowest BCUT2D eigenvalue weighted by molar-refractivity contribution is -0.137. The Labute approximate surface area is 129 Å². The smallest absolute Gasteiger partial charge is 0.223 e. The van der Waals surface area contributed by atoms with Crippen LogP contribution in [0.2, 0.25) is 0 Å². The van der Waals surface area contributed by atoms with Gasteiger partial charge < -0.3 is 10.2 Å². The third-order valence-corrected chi connectivity index (χ3v) is 4.51. The van der Waals surface area contributed by atoms with Gasteiger partial charge in [0.05, 0.1) is 0 Å². The van der Waals surface area contributed by atoms with E-state index >= 15 is 0 Å². The highest BCUT2D eigenvalue weighted by atomic mass is 79.9. The molecule has 0 bridgehead atoms. The summed E-state index contributed by atoms with van der Waals surface area (Å²) in [5.74, 6) is 0.260. The summed E-state index contributed by atoms with van der Waals surface area (Å²) >= 11 is 3.49. The molecule has 0 aliphatic carbocycles. The van der Waals surface area contributed by atoms with Gasteiger partial charge in [-0.05, 0) is 50.5 Å². The monoisotopic (exact) mass is 338 g/mol. The Hall–Kier alpha value is -0.870. The number of piperazine rings is 1. The zero-order valence-electron chi connectivity index (χ0n) is 12.5. The quantitative estimate of drug-likeness (QED) is 0.918. The minimum absolute atomic E-state index is 0.0817. The van der Waals surface area contributed by atoms with Crippen molar-refractivity contribution in [3.63, 3.8) is 0 Å². The van der Waals surface area contributed by atoms with Crippen LogP contribution in [0.25, 0.3) is 0 Å². The molecule has 0 spiro atoms. The summed E-state index contributed by atoms with van der Waals surface area (Å²) in [6, 6.07) is 6.25. The van der Waals surface area contributed by atoms with Crippen molar-refractivity contribution in [2.45, 2.75) is 39.2 Å². The third kappa shape index (κ3) is 3.61. The predicted molar refractivity (Wildman–Crippen MR) is 85.9 cm³/mol. The summed E-state index contributed by atoms with van der Waals surface area (Å²) in [4.78, 5) is 14.5. The van der Waals surface area contributed by atoms with Crippen LogP contribution in [0, 0.1) is 6.92 Å². The van der Waals surface area contributed by atoms with Crippen LogP contribution in [0.3, 0.4) is 0 Å². The molecule has 1 heterocycles. The van der Waals surface area contributed by atoms with Crippen molar-refractivity contribution in [3.05, 3.63) is 33.8 Å². The largest absolute Gasteiger partial charge is 0.335 e. The van der Waals surface area contributed by atoms with Crippen molar-refractivity contribution < 1.29 is 4.79 Å². The standard InChI is InChI=1S/C16H23BrN2O/c1-12-4-6-14(17)10-13(12)5-7-15(20)19-9-8-18-11-16(19,2)3/h4,6,10,18H,5,7-9,11H2,1-3H3. The second-order valence-corrected chi connectivity index (χ2v) is 7.02. The van der Waals surface area contributed by atoms with Gasteiger partial charge >= 0.3 is 0 Å². The van der Waals surface area contributed by atoms with E-state index in [1.165, 1.54) is 11.1 Å². The summed E-state index contributed by atoms with van der Waals surface area (Å²) in [6.07, 6.45) is 1.39. The number of nitrogens with one attached hydrogen (secondary N) is 1. The van der Waals surface area contributed by atoms with Gasteiger partial charge in [-0.1, -0.05) is 22.0 Å². The van der Waals surface area contributed by atoms with Gasteiger partial charge in [-0.3, -0.25) is 4.79 Å². The summed E-state index contributed by atoms with van der Waals surface area (Å²) in [7, 11) is 0. The van der Waals surface area contributed by atoms with Crippen LogP contribution in [0.15, 0.2) is 22.7 Å². The van der Waals surface area contributed by atoms with Crippen LogP contribution < -0.4 is 5.32 Å². The molecule has 1 amide bonds. The van der Waals surface area contributed by atoms with E-state index in [1.54, 1.807) is 0 Å². The molecule has 1 saturated heterocycles.